The van der Waals surface area contributed by atoms with Crippen molar-refractivity contribution in [2.75, 3.05) is 11.9 Å². The molecular weight excluding hydrogens is 282 g/mol. The number of non-ortho nitro benzene ring substituents is 1. The number of carbonyl (C=O) groups is 1. The highest BCUT2D eigenvalue weighted by molar-refractivity contribution is 6.33. The van der Waals surface area contributed by atoms with E-state index in [4.69, 9.17) is 17.3 Å². The van der Waals surface area contributed by atoms with Gasteiger partial charge < -0.3 is 11.1 Å². The van der Waals surface area contributed by atoms with Crippen molar-refractivity contribution in [1.29, 1.82) is 0 Å². The standard InChI is InChI=1S/C13H18ClN3O3/c1-9(6-7-15)2-5-13(18)16-12-8-10(17(19)20)3-4-11(12)14/h3-4,8-9H,2,5-7,15H2,1H3,(H,16,18). The van der Waals surface area contributed by atoms with E-state index >= 15 is 0 Å². The summed E-state index contributed by atoms with van der Waals surface area (Å²) in [5.41, 5.74) is 5.59. The third kappa shape index (κ3) is 5.14. The molecule has 0 aromatic heterocycles. The number of hydrogen-bond donors (Lipinski definition) is 2. The fourth-order valence-corrected chi connectivity index (χ4v) is 1.91. The lowest BCUT2D eigenvalue weighted by molar-refractivity contribution is -0.384. The highest BCUT2D eigenvalue weighted by Gasteiger charge is 2.12. The van der Waals surface area contributed by atoms with Crippen molar-refractivity contribution in [3.8, 4) is 0 Å². The molecule has 3 N–H and O–H groups in total. The predicted octanol–water partition coefficient (Wildman–Crippen LogP) is 2.95. The number of nitro groups is 1. The lowest BCUT2D eigenvalue weighted by Crippen LogP contribution is -2.14. The number of rotatable bonds is 7. The molecule has 110 valence electrons. The molecule has 0 fully saturated rings. The Hall–Kier alpha value is -1.66. The average molecular weight is 300 g/mol. The van der Waals surface area contributed by atoms with Gasteiger partial charge in [-0.05, 0) is 31.4 Å². The summed E-state index contributed by atoms with van der Waals surface area (Å²) in [5, 5.41) is 13.5. The van der Waals surface area contributed by atoms with Crippen LogP contribution in [0.25, 0.3) is 0 Å². The van der Waals surface area contributed by atoms with Crippen LogP contribution in [0.2, 0.25) is 5.02 Å². The van der Waals surface area contributed by atoms with Crippen LogP contribution in [0.15, 0.2) is 18.2 Å². The van der Waals surface area contributed by atoms with Crippen LogP contribution in [-0.2, 0) is 4.79 Å². The van der Waals surface area contributed by atoms with E-state index in [2.05, 4.69) is 5.32 Å². The first-order chi connectivity index (χ1) is 9.43. The third-order valence-corrected chi connectivity index (χ3v) is 3.29. The normalized spacial score (nSPS) is 11.9. The third-order valence-electron chi connectivity index (χ3n) is 2.96. The molecule has 0 aliphatic rings. The van der Waals surface area contributed by atoms with E-state index in [-0.39, 0.29) is 22.3 Å². The fourth-order valence-electron chi connectivity index (χ4n) is 1.74. The van der Waals surface area contributed by atoms with E-state index in [0.717, 1.165) is 12.8 Å². The molecule has 20 heavy (non-hydrogen) atoms. The topological polar surface area (TPSA) is 98.3 Å². The maximum absolute atomic E-state index is 11.8. The Morgan fingerprint density at radius 1 is 1.50 bits per heavy atom. The average Bonchev–Trinajstić information content (AvgIpc) is 2.39. The maximum atomic E-state index is 11.8. The summed E-state index contributed by atoms with van der Waals surface area (Å²) in [5.74, 6) is 0.155. The zero-order valence-corrected chi connectivity index (χ0v) is 12.0. The van der Waals surface area contributed by atoms with Crippen LogP contribution in [0.5, 0.6) is 0 Å². The van der Waals surface area contributed by atoms with E-state index < -0.39 is 4.92 Å². The van der Waals surface area contributed by atoms with Crippen LogP contribution in [-0.4, -0.2) is 17.4 Å². The lowest BCUT2D eigenvalue weighted by Gasteiger charge is -2.10. The molecule has 7 heteroatoms. The molecule has 0 aliphatic heterocycles. The molecule has 0 spiro atoms. The van der Waals surface area contributed by atoms with Gasteiger partial charge in [-0.25, -0.2) is 0 Å². The number of nitrogens with two attached hydrogens (primary N) is 1. The van der Waals surface area contributed by atoms with Crippen molar-refractivity contribution in [2.24, 2.45) is 11.7 Å². The van der Waals surface area contributed by atoms with E-state index in [9.17, 15) is 14.9 Å². The van der Waals surface area contributed by atoms with Crippen molar-refractivity contribution in [1.82, 2.24) is 0 Å². The smallest absolute Gasteiger partial charge is 0.271 e. The molecular formula is C13H18ClN3O3. The molecule has 1 aromatic carbocycles. The van der Waals surface area contributed by atoms with Crippen molar-refractivity contribution in [3.05, 3.63) is 33.3 Å². The van der Waals surface area contributed by atoms with Crippen molar-refractivity contribution < 1.29 is 9.72 Å². The van der Waals surface area contributed by atoms with E-state index in [1.54, 1.807) is 0 Å². The number of halogens is 1. The van der Waals surface area contributed by atoms with Crippen LogP contribution < -0.4 is 11.1 Å². The molecule has 0 bridgehead atoms. The summed E-state index contributed by atoms with van der Waals surface area (Å²) in [7, 11) is 0. The summed E-state index contributed by atoms with van der Waals surface area (Å²) in [6.45, 7) is 2.62. The first-order valence-electron chi connectivity index (χ1n) is 6.38. The van der Waals surface area contributed by atoms with E-state index in [0.29, 0.717) is 18.9 Å². The molecule has 1 atom stereocenters. The molecule has 1 amide bonds. The largest absolute Gasteiger partial charge is 0.330 e. The molecule has 0 saturated heterocycles. The molecule has 1 aromatic rings. The number of benzene rings is 1. The Balaban J connectivity index is 2.61. The lowest BCUT2D eigenvalue weighted by atomic mass is 10.0. The number of nitro benzene ring substituents is 1. The molecule has 1 rings (SSSR count). The minimum absolute atomic E-state index is 0.110. The summed E-state index contributed by atoms with van der Waals surface area (Å²) in [6.07, 6.45) is 1.92. The molecule has 0 aliphatic carbocycles. The van der Waals surface area contributed by atoms with Crippen molar-refractivity contribution >= 4 is 28.9 Å². The molecule has 1 unspecified atom stereocenters. The Kier molecular flexibility index (Phi) is 6.41. The van der Waals surface area contributed by atoms with Gasteiger partial charge >= 0.3 is 0 Å². The predicted molar refractivity (Wildman–Crippen MR) is 78.8 cm³/mol. The number of amides is 1. The highest BCUT2D eigenvalue weighted by atomic mass is 35.5. The van der Waals surface area contributed by atoms with Gasteiger partial charge in [0.25, 0.3) is 5.69 Å². The number of anilines is 1. The summed E-state index contributed by atoms with van der Waals surface area (Å²) < 4.78 is 0. The number of carbonyl (C=O) groups excluding carboxylic acids is 1. The monoisotopic (exact) mass is 299 g/mol. The van der Waals surface area contributed by atoms with Crippen LogP contribution in [0.3, 0.4) is 0 Å². The zero-order chi connectivity index (χ0) is 15.1. The first kappa shape index (κ1) is 16.4. The van der Waals surface area contributed by atoms with E-state index in [1.165, 1.54) is 18.2 Å². The minimum Gasteiger partial charge on any atom is -0.330 e. The zero-order valence-electron chi connectivity index (χ0n) is 11.3. The molecule has 0 saturated carbocycles. The Bertz CT molecular complexity index is 494. The van der Waals surface area contributed by atoms with Gasteiger partial charge in [-0.1, -0.05) is 18.5 Å². The van der Waals surface area contributed by atoms with Crippen LogP contribution in [0.4, 0.5) is 11.4 Å². The molecule has 6 nitrogen and oxygen atoms in total. The molecule has 0 heterocycles. The van der Waals surface area contributed by atoms with E-state index in [1.807, 2.05) is 6.92 Å². The summed E-state index contributed by atoms with van der Waals surface area (Å²) in [4.78, 5) is 21.9. The van der Waals surface area contributed by atoms with Crippen molar-refractivity contribution in [2.45, 2.75) is 26.2 Å². The molecule has 0 radical (unpaired) electrons. The van der Waals surface area contributed by atoms with Gasteiger partial charge in [-0.2, -0.15) is 0 Å². The van der Waals surface area contributed by atoms with Crippen LogP contribution in [0, 0.1) is 16.0 Å². The van der Waals surface area contributed by atoms with Gasteiger partial charge in [0, 0.05) is 18.6 Å². The number of nitrogens with one attached hydrogen (secondary N) is 1. The van der Waals surface area contributed by atoms with Gasteiger partial charge in [0.15, 0.2) is 0 Å². The summed E-state index contributed by atoms with van der Waals surface area (Å²) in [6, 6.07) is 3.94. The van der Waals surface area contributed by atoms with Gasteiger partial charge in [-0.3, -0.25) is 14.9 Å². The minimum atomic E-state index is -0.532. The second kappa shape index (κ2) is 7.81. The Morgan fingerprint density at radius 2 is 2.20 bits per heavy atom. The summed E-state index contributed by atoms with van der Waals surface area (Å²) >= 11 is 5.90. The van der Waals surface area contributed by atoms with Gasteiger partial charge in [0.05, 0.1) is 15.6 Å². The second-order valence-corrected chi connectivity index (χ2v) is 5.10. The highest BCUT2D eigenvalue weighted by Crippen LogP contribution is 2.27. The second-order valence-electron chi connectivity index (χ2n) is 4.69. The van der Waals surface area contributed by atoms with Gasteiger partial charge in [0.2, 0.25) is 5.91 Å². The van der Waals surface area contributed by atoms with Crippen LogP contribution >= 0.6 is 11.6 Å². The number of hydrogen-bond acceptors (Lipinski definition) is 4. The Morgan fingerprint density at radius 3 is 2.80 bits per heavy atom. The SMILES string of the molecule is CC(CCN)CCC(=O)Nc1cc([N+](=O)[O-])ccc1Cl. The van der Waals surface area contributed by atoms with Crippen molar-refractivity contribution in [3.63, 3.8) is 0 Å². The first-order valence-corrected chi connectivity index (χ1v) is 6.75. The fraction of sp³-hybridized carbons (Fsp3) is 0.462. The van der Waals surface area contributed by atoms with Gasteiger partial charge in [-0.15, -0.1) is 0 Å². The van der Waals surface area contributed by atoms with Crippen LogP contribution in [0.1, 0.15) is 26.2 Å². The maximum Gasteiger partial charge on any atom is 0.271 e. The number of nitrogens with zero attached hydrogens (tertiary/aromatic N) is 1. The van der Waals surface area contributed by atoms with Gasteiger partial charge in [0.1, 0.15) is 0 Å². The Labute approximate surface area is 122 Å². The quantitative estimate of drug-likeness (QED) is 0.597.